The van der Waals surface area contributed by atoms with Crippen LogP contribution in [0, 0.1) is 0 Å². The van der Waals surface area contributed by atoms with Crippen molar-refractivity contribution in [2.24, 2.45) is 0 Å². The van der Waals surface area contributed by atoms with Crippen molar-refractivity contribution in [3.63, 3.8) is 0 Å². The van der Waals surface area contributed by atoms with E-state index in [-0.39, 0.29) is 5.69 Å². The molecule has 0 aromatic carbocycles. The second-order valence-electron chi connectivity index (χ2n) is 5.85. The SMILES string of the molecule is O=C1C=C(N2CCOCC2)c2nc(N3CCOCC3)cnc2C1=O. The van der Waals surface area contributed by atoms with Gasteiger partial charge in [-0.2, -0.15) is 0 Å². The van der Waals surface area contributed by atoms with Gasteiger partial charge < -0.3 is 19.3 Å². The molecule has 0 N–H and O–H groups in total. The Bertz CT molecular complexity index is 706. The second-order valence-corrected chi connectivity index (χ2v) is 5.85. The highest BCUT2D eigenvalue weighted by atomic mass is 16.5. The average molecular weight is 330 g/mol. The van der Waals surface area contributed by atoms with Crippen molar-refractivity contribution in [3.05, 3.63) is 23.7 Å². The Morgan fingerprint density at radius 2 is 1.50 bits per heavy atom. The zero-order valence-electron chi connectivity index (χ0n) is 13.2. The number of ketones is 2. The van der Waals surface area contributed by atoms with Crippen LogP contribution in [0.3, 0.4) is 0 Å². The van der Waals surface area contributed by atoms with E-state index in [1.54, 1.807) is 6.20 Å². The summed E-state index contributed by atoms with van der Waals surface area (Å²) >= 11 is 0. The normalized spacial score (nSPS) is 21.6. The molecular formula is C16H18N4O4. The molecule has 8 heteroatoms. The van der Waals surface area contributed by atoms with Gasteiger partial charge in [0.2, 0.25) is 5.78 Å². The number of hydrogen-bond donors (Lipinski definition) is 0. The summed E-state index contributed by atoms with van der Waals surface area (Å²) in [5.74, 6) is -0.432. The molecule has 3 heterocycles. The van der Waals surface area contributed by atoms with Crippen molar-refractivity contribution >= 4 is 23.1 Å². The summed E-state index contributed by atoms with van der Waals surface area (Å²) in [6.07, 6.45) is 2.95. The Morgan fingerprint density at radius 3 is 2.17 bits per heavy atom. The summed E-state index contributed by atoms with van der Waals surface area (Å²) < 4.78 is 10.7. The van der Waals surface area contributed by atoms with Crippen molar-refractivity contribution in [1.29, 1.82) is 0 Å². The lowest BCUT2D eigenvalue weighted by atomic mass is 10.0. The molecule has 2 saturated heterocycles. The van der Waals surface area contributed by atoms with Crippen LogP contribution in [0.4, 0.5) is 5.82 Å². The monoisotopic (exact) mass is 330 g/mol. The zero-order valence-corrected chi connectivity index (χ0v) is 13.2. The van der Waals surface area contributed by atoms with Crippen LogP contribution in [0.1, 0.15) is 16.2 Å². The van der Waals surface area contributed by atoms with Gasteiger partial charge in [-0.05, 0) is 0 Å². The molecule has 0 amide bonds. The molecule has 8 nitrogen and oxygen atoms in total. The minimum absolute atomic E-state index is 0.140. The largest absolute Gasteiger partial charge is 0.378 e. The first-order chi connectivity index (χ1) is 11.7. The molecule has 2 aliphatic heterocycles. The maximum absolute atomic E-state index is 12.2. The average Bonchev–Trinajstić information content (AvgIpc) is 2.66. The molecule has 3 aliphatic rings. The van der Waals surface area contributed by atoms with E-state index in [1.165, 1.54) is 6.08 Å². The minimum atomic E-state index is -0.594. The van der Waals surface area contributed by atoms with Gasteiger partial charge in [-0.1, -0.05) is 0 Å². The van der Waals surface area contributed by atoms with E-state index in [1.807, 2.05) is 4.90 Å². The molecule has 126 valence electrons. The summed E-state index contributed by atoms with van der Waals surface area (Å²) in [7, 11) is 0. The standard InChI is InChI=1S/C16H18N4O4/c21-12-9-11(19-1-5-23-6-2-19)14-15(16(12)22)17-10-13(18-14)20-3-7-24-8-4-20/h9-10H,1-8H2. The molecule has 0 radical (unpaired) electrons. The Labute approximate surface area is 139 Å². The van der Waals surface area contributed by atoms with Gasteiger partial charge in [0.25, 0.3) is 5.78 Å². The topological polar surface area (TPSA) is 84.9 Å². The van der Waals surface area contributed by atoms with Crippen LogP contribution < -0.4 is 4.90 Å². The number of aromatic nitrogens is 2. The van der Waals surface area contributed by atoms with Crippen LogP contribution >= 0.6 is 0 Å². The lowest BCUT2D eigenvalue weighted by Gasteiger charge is -2.33. The van der Waals surface area contributed by atoms with Crippen molar-refractivity contribution in [2.75, 3.05) is 57.5 Å². The van der Waals surface area contributed by atoms with Crippen LogP contribution in [-0.2, 0) is 14.3 Å². The summed E-state index contributed by atoms with van der Waals surface area (Å²) in [6.45, 7) is 5.25. The molecule has 0 atom stereocenters. The van der Waals surface area contributed by atoms with Gasteiger partial charge in [0.05, 0.1) is 38.3 Å². The molecule has 24 heavy (non-hydrogen) atoms. The Kier molecular flexibility index (Phi) is 3.99. The first-order valence-electron chi connectivity index (χ1n) is 8.07. The van der Waals surface area contributed by atoms with E-state index < -0.39 is 11.6 Å². The van der Waals surface area contributed by atoms with Gasteiger partial charge >= 0.3 is 0 Å². The number of anilines is 1. The summed E-state index contributed by atoms with van der Waals surface area (Å²) in [6, 6.07) is 0. The number of carbonyl (C=O) groups is 2. The van der Waals surface area contributed by atoms with E-state index in [9.17, 15) is 9.59 Å². The quantitative estimate of drug-likeness (QED) is 0.687. The van der Waals surface area contributed by atoms with Crippen molar-refractivity contribution in [1.82, 2.24) is 14.9 Å². The number of nitrogens with zero attached hydrogens (tertiary/aromatic N) is 4. The third kappa shape index (κ3) is 2.67. The number of fused-ring (bicyclic) bond motifs is 1. The fraction of sp³-hybridized carbons (Fsp3) is 0.500. The summed E-state index contributed by atoms with van der Waals surface area (Å²) in [5, 5.41) is 0. The van der Waals surface area contributed by atoms with Crippen molar-refractivity contribution in [2.45, 2.75) is 0 Å². The molecule has 1 aliphatic carbocycles. The number of rotatable bonds is 2. The van der Waals surface area contributed by atoms with Crippen LogP contribution in [0.25, 0.3) is 5.70 Å². The Hall–Kier alpha value is -2.32. The third-order valence-electron chi connectivity index (χ3n) is 4.40. The summed E-state index contributed by atoms with van der Waals surface area (Å²) in [5.41, 5.74) is 1.30. The fourth-order valence-electron chi connectivity index (χ4n) is 3.09. The number of carbonyl (C=O) groups excluding carboxylic acids is 2. The predicted octanol–water partition coefficient (Wildman–Crippen LogP) is -0.248. The van der Waals surface area contributed by atoms with Gasteiger partial charge in [-0.15, -0.1) is 0 Å². The number of Topliss-reactive ketones (excluding diaryl/α,β-unsaturated/α-hetero) is 1. The predicted molar refractivity (Wildman–Crippen MR) is 84.8 cm³/mol. The number of morpholine rings is 2. The summed E-state index contributed by atoms with van der Waals surface area (Å²) in [4.78, 5) is 37.2. The van der Waals surface area contributed by atoms with Gasteiger partial charge in [-0.25, -0.2) is 9.97 Å². The first-order valence-corrected chi connectivity index (χ1v) is 8.07. The lowest BCUT2D eigenvalue weighted by Crippen LogP contribution is -2.39. The van der Waals surface area contributed by atoms with E-state index >= 15 is 0 Å². The van der Waals surface area contributed by atoms with Gasteiger partial charge in [-0.3, -0.25) is 9.59 Å². The zero-order chi connectivity index (χ0) is 16.5. The number of ether oxygens (including phenoxy) is 2. The molecular weight excluding hydrogens is 312 g/mol. The highest BCUT2D eigenvalue weighted by Crippen LogP contribution is 2.28. The maximum Gasteiger partial charge on any atom is 0.253 e. The van der Waals surface area contributed by atoms with E-state index in [0.29, 0.717) is 56.7 Å². The van der Waals surface area contributed by atoms with Crippen LogP contribution in [-0.4, -0.2) is 79.0 Å². The fourth-order valence-corrected chi connectivity index (χ4v) is 3.09. The van der Waals surface area contributed by atoms with E-state index in [0.717, 1.165) is 13.1 Å². The molecule has 1 aromatic heterocycles. The molecule has 2 fully saturated rings. The molecule has 4 rings (SSSR count). The van der Waals surface area contributed by atoms with Crippen LogP contribution in [0.15, 0.2) is 12.3 Å². The first kappa shape index (κ1) is 15.2. The highest BCUT2D eigenvalue weighted by molar-refractivity contribution is 6.49. The molecule has 0 bridgehead atoms. The third-order valence-corrected chi connectivity index (χ3v) is 4.40. The maximum atomic E-state index is 12.2. The molecule has 0 spiro atoms. The second kappa shape index (κ2) is 6.29. The van der Waals surface area contributed by atoms with Crippen LogP contribution in [0.2, 0.25) is 0 Å². The minimum Gasteiger partial charge on any atom is -0.378 e. The number of allylic oxidation sites excluding steroid dienone is 1. The Morgan fingerprint density at radius 1 is 0.875 bits per heavy atom. The molecule has 0 saturated carbocycles. The van der Waals surface area contributed by atoms with Gasteiger partial charge in [0.1, 0.15) is 17.2 Å². The van der Waals surface area contributed by atoms with Crippen molar-refractivity contribution in [3.8, 4) is 0 Å². The van der Waals surface area contributed by atoms with Gasteiger partial charge in [0.15, 0.2) is 0 Å². The highest BCUT2D eigenvalue weighted by Gasteiger charge is 2.32. The number of hydrogen-bond acceptors (Lipinski definition) is 8. The van der Waals surface area contributed by atoms with Crippen LogP contribution in [0.5, 0.6) is 0 Å². The van der Waals surface area contributed by atoms with Crippen molar-refractivity contribution < 1.29 is 19.1 Å². The van der Waals surface area contributed by atoms with E-state index in [4.69, 9.17) is 9.47 Å². The molecule has 0 unspecified atom stereocenters. The van der Waals surface area contributed by atoms with E-state index in [2.05, 4.69) is 14.9 Å². The Balaban J connectivity index is 1.73. The molecule has 1 aromatic rings. The lowest BCUT2D eigenvalue weighted by molar-refractivity contribution is -0.111. The smallest absolute Gasteiger partial charge is 0.253 e. The van der Waals surface area contributed by atoms with Gasteiger partial charge in [0, 0.05) is 32.3 Å².